The second-order valence-electron chi connectivity index (χ2n) is 7.84. The third-order valence-electron chi connectivity index (χ3n) is 3.11. The third kappa shape index (κ3) is 5.61. The molecule has 0 spiro atoms. The summed E-state index contributed by atoms with van der Waals surface area (Å²) < 4.78 is 15.0. The molecule has 0 aliphatic carbocycles. The van der Waals surface area contributed by atoms with Crippen LogP contribution in [0, 0.1) is 0 Å². The number of esters is 1. The van der Waals surface area contributed by atoms with Gasteiger partial charge in [-0.2, -0.15) is 0 Å². The van der Waals surface area contributed by atoms with Crippen LogP contribution in [0.25, 0.3) is 0 Å². The van der Waals surface area contributed by atoms with Crippen LogP contribution in [0.3, 0.4) is 0 Å². The lowest BCUT2D eigenvalue weighted by Crippen LogP contribution is -2.58. The number of imide groups is 1. The number of carbonyl (C=O) groups excluding carboxylic acids is 4. The molecule has 142 valence electrons. The van der Waals surface area contributed by atoms with E-state index in [1.165, 1.54) is 0 Å². The van der Waals surface area contributed by atoms with Crippen molar-refractivity contribution >= 4 is 24.1 Å². The van der Waals surface area contributed by atoms with E-state index in [1.807, 2.05) is 0 Å². The summed E-state index contributed by atoms with van der Waals surface area (Å²) in [5.74, 6) is -1.51. The Morgan fingerprint density at radius 1 is 1.04 bits per heavy atom. The maximum Gasteiger partial charge on any atom is 0.417 e. The molecule has 0 aromatic heterocycles. The van der Waals surface area contributed by atoms with Crippen molar-refractivity contribution in [1.29, 1.82) is 0 Å². The summed E-state index contributed by atoms with van der Waals surface area (Å²) in [6.45, 7) is 9.53. The van der Waals surface area contributed by atoms with Gasteiger partial charge in [-0.3, -0.25) is 4.79 Å². The lowest BCUT2D eigenvalue weighted by atomic mass is 9.99. The van der Waals surface area contributed by atoms with Gasteiger partial charge in [-0.1, -0.05) is 0 Å². The summed E-state index contributed by atoms with van der Waals surface area (Å²) in [6.07, 6.45) is -2.22. The number of alkyl carbamates (subject to hydrolysis) is 1. The molecule has 0 saturated carbocycles. The van der Waals surface area contributed by atoms with Crippen molar-refractivity contribution in [3.05, 3.63) is 0 Å². The zero-order valence-electron chi connectivity index (χ0n) is 15.7. The highest BCUT2D eigenvalue weighted by Crippen LogP contribution is 2.26. The quantitative estimate of drug-likeness (QED) is 0.589. The SMILES string of the molecule is COC(=O)C1(NC(=O)OC(C)(C)C)CC(=O)N(C(=O)OC(C)(C)C)C1. The van der Waals surface area contributed by atoms with E-state index >= 15 is 0 Å². The maximum absolute atomic E-state index is 12.2. The van der Waals surface area contributed by atoms with E-state index in [-0.39, 0.29) is 0 Å². The molecule has 1 saturated heterocycles. The highest BCUT2D eigenvalue weighted by atomic mass is 16.6. The number of carbonyl (C=O) groups is 4. The number of nitrogens with zero attached hydrogens (tertiary/aromatic N) is 1. The first kappa shape index (κ1) is 20.7. The summed E-state index contributed by atoms with van der Waals surface area (Å²) in [5.41, 5.74) is -3.33. The van der Waals surface area contributed by atoms with E-state index in [0.717, 1.165) is 12.0 Å². The predicted molar refractivity (Wildman–Crippen MR) is 86.7 cm³/mol. The monoisotopic (exact) mass is 358 g/mol. The number of rotatable bonds is 2. The third-order valence-corrected chi connectivity index (χ3v) is 3.11. The van der Waals surface area contributed by atoms with Gasteiger partial charge in [0.15, 0.2) is 5.54 Å². The van der Waals surface area contributed by atoms with Crippen molar-refractivity contribution < 1.29 is 33.4 Å². The van der Waals surface area contributed by atoms with Crippen LogP contribution in [0.1, 0.15) is 48.0 Å². The largest absolute Gasteiger partial charge is 0.467 e. The number of nitrogens with one attached hydrogen (secondary N) is 1. The number of ether oxygens (including phenoxy) is 3. The van der Waals surface area contributed by atoms with Gasteiger partial charge in [-0.05, 0) is 41.5 Å². The zero-order chi connectivity index (χ0) is 19.6. The van der Waals surface area contributed by atoms with Crippen LogP contribution >= 0.6 is 0 Å². The molecule has 1 fully saturated rings. The summed E-state index contributed by atoms with van der Waals surface area (Å²) in [6, 6.07) is 0. The van der Waals surface area contributed by atoms with Crippen LogP contribution in [-0.2, 0) is 23.8 Å². The highest BCUT2D eigenvalue weighted by molar-refractivity contribution is 6.01. The van der Waals surface area contributed by atoms with Gasteiger partial charge in [-0.25, -0.2) is 19.3 Å². The molecule has 25 heavy (non-hydrogen) atoms. The first-order chi connectivity index (χ1) is 11.2. The highest BCUT2D eigenvalue weighted by Gasteiger charge is 2.54. The second-order valence-corrected chi connectivity index (χ2v) is 7.84. The fourth-order valence-electron chi connectivity index (χ4n) is 2.22. The first-order valence-electron chi connectivity index (χ1n) is 7.82. The number of methoxy groups -OCH3 is 1. The van der Waals surface area contributed by atoms with Gasteiger partial charge in [0, 0.05) is 0 Å². The lowest BCUT2D eigenvalue weighted by Gasteiger charge is -2.29. The standard InChI is InChI=1S/C16H26N2O7/c1-14(2,3)24-12(21)17-16(11(20)23-7)8-10(19)18(9-16)13(22)25-15(4,5)6/h8-9H2,1-7H3,(H,17,21). The van der Waals surface area contributed by atoms with E-state index in [9.17, 15) is 19.2 Å². The maximum atomic E-state index is 12.2. The molecule has 1 rings (SSSR count). The fraction of sp³-hybridized carbons (Fsp3) is 0.750. The van der Waals surface area contributed by atoms with Crippen LogP contribution in [0.15, 0.2) is 0 Å². The molecular weight excluding hydrogens is 332 g/mol. The molecular formula is C16H26N2O7. The summed E-state index contributed by atoms with van der Waals surface area (Å²) in [4.78, 5) is 49.5. The Bertz CT molecular complexity index is 574. The number of amides is 3. The van der Waals surface area contributed by atoms with Gasteiger partial charge in [0.2, 0.25) is 5.91 Å². The summed E-state index contributed by atoms with van der Waals surface area (Å²) in [7, 11) is 1.13. The lowest BCUT2D eigenvalue weighted by molar-refractivity contribution is -0.148. The van der Waals surface area contributed by atoms with Crippen LogP contribution in [0.2, 0.25) is 0 Å². The topological polar surface area (TPSA) is 111 Å². The minimum atomic E-state index is -1.72. The van der Waals surface area contributed by atoms with Crippen molar-refractivity contribution in [1.82, 2.24) is 10.2 Å². The number of hydrogen-bond acceptors (Lipinski definition) is 7. The van der Waals surface area contributed by atoms with E-state index in [1.54, 1.807) is 41.5 Å². The molecule has 0 radical (unpaired) electrons. The van der Waals surface area contributed by atoms with Crippen LogP contribution in [0.4, 0.5) is 9.59 Å². The van der Waals surface area contributed by atoms with Crippen molar-refractivity contribution in [3.8, 4) is 0 Å². The van der Waals surface area contributed by atoms with E-state index in [2.05, 4.69) is 5.32 Å². The Morgan fingerprint density at radius 2 is 1.56 bits per heavy atom. The van der Waals surface area contributed by atoms with Crippen molar-refractivity contribution in [2.24, 2.45) is 0 Å². The van der Waals surface area contributed by atoms with Gasteiger partial charge >= 0.3 is 18.2 Å². The molecule has 0 bridgehead atoms. The Hall–Kier alpha value is -2.32. The molecule has 9 heteroatoms. The van der Waals surface area contributed by atoms with E-state index in [4.69, 9.17) is 14.2 Å². The molecule has 1 N–H and O–H groups in total. The summed E-state index contributed by atoms with van der Waals surface area (Å²) in [5, 5.41) is 2.37. The van der Waals surface area contributed by atoms with E-state index in [0.29, 0.717) is 0 Å². The van der Waals surface area contributed by atoms with E-state index < -0.39 is 53.8 Å². The smallest absolute Gasteiger partial charge is 0.417 e. The Morgan fingerprint density at radius 3 is 2.00 bits per heavy atom. The van der Waals surface area contributed by atoms with Crippen LogP contribution in [-0.4, -0.2) is 59.4 Å². The molecule has 0 aromatic rings. The van der Waals surface area contributed by atoms with Gasteiger partial charge in [0.05, 0.1) is 20.1 Å². The molecule has 1 unspecified atom stereocenters. The zero-order valence-corrected chi connectivity index (χ0v) is 15.7. The molecule has 3 amide bonds. The number of hydrogen-bond donors (Lipinski definition) is 1. The molecule has 0 aromatic carbocycles. The second kappa shape index (κ2) is 6.89. The minimum absolute atomic E-state index is 0.396. The Balaban J connectivity index is 3.01. The predicted octanol–water partition coefficient (Wildman–Crippen LogP) is 1.59. The molecule has 1 heterocycles. The van der Waals surface area contributed by atoms with Crippen LogP contribution < -0.4 is 5.32 Å². The average molecular weight is 358 g/mol. The molecule has 9 nitrogen and oxygen atoms in total. The van der Waals surface area contributed by atoms with Crippen molar-refractivity contribution in [2.75, 3.05) is 13.7 Å². The van der Waals surface area contributed by atoms with Crippen molar-refractivity contribution in [2.45, 2.75) is 64.7 Å². The Labute approximate surface area is 147 Å². The molecule has 1 aliphatic heterocycles. The Kier molecular flexibility index (Phi) is 5.71. The van der Waals surface area contributed by atoms with Crippen LogP contribution in [0.5, 0.6) is 0 Å². The van der Waals surface area contributed by atoms with Gasteiger partial charge < -0.3 is 19.5 Å². The van der Waals surface area contributed by atoms with Crippen molar-refractivity contribution in [3.63, 3.8) is 0 Å². The van der Waals surface area contributed by atoms with Gasteiger partial charge in [0.25, 0.3) is 0 Å². The van der Waals surface area contributed by atoms with Gasteiger partial charge in [0.1, 0.15) is 11.2 Å². The molecule has 1 aliphatic rings. The molecule has 1 atom stereocenters. The summed E-state index contributed by atoms with van der Waals surface area (Å²) >= 11 is 0. The first-order valence-corrected chi connectivity index (χ1v) is 7.82. The average Bonchev–Trinajstić information content (AvgIpc) is 2.71. The minimum Gasteiger partial charge on any atom is -0.467 e. The fourth-order valence-corrected chi connectivity index (χ4v) is 2.22. The normalized spacial score (nSPS) is 20.9. The number of likely N-dealkylation sites (tertiary alicyclic amines) is 1. The van der Waals surface area contributed by atoms with Gasteiger partial charge in [-0.15, -0.1) is 0 Å².